The lowest BCUT2D eigenvalue weighted by atomic mass is 9.71. The molecule has 3 fully saturated rings. The normalized spacial score (nSPS) is 30.1. The van der Waals surface area contributed by atoms with Crippen LogP contribution in [0.2, 0.25) is 0 Å². The molecule has 9 heteroatoms. The Morgan fingerprint density at radius 1 is 1.32 bits per heavy atom. The van der Waals surface area contributed by atoms with E-state index in [2.05, 4.69) is 29.1 Å². The van der Waals surface area contributed by atoms with Gasteiger partial charge in [0.05, 0.1) is 35.8 Å². The molecule has 3 heterocycles. The van der Waals surface area contributed by atoms with Crippen LogP contribution in [0.5, 0.6) is 0 Å². The van der Waals surface area contributed by atoms with Gasteiger partial charge in [-0.1, -0.05) is 60.5 Å². The number of aryl methyl sites for hydroxylation is 2. The third kappa shape index (κ3) is 5.07. The number of hydrogen-bond acceptors (Lipinski definition) is 6. The van der Waals surface area contributed by atoms with Gasteiger partial charge in [-0.3, -0.25) is 14.4 Å². The van der Waals surface area contributed by atoms with Crippen molar-refractivity contribution in [3.05, 3.63) is 54.6 Å². The van der Waals surface area contributed by atoms with Crippen LogP contribution in [0.4, 0.5) is 5.69 Å². The number of carbonyl (C=O) groups is 3. The monoisotopic (exact) mass is 632 g/mol. The molecule has 4 rings (SSSR count). The van der Waals surface area contributed by atoms with Crippen molar-refractivity contribution in [1.29, 1.82) is 0 Å². The van der Waals surface area contributed by atoms with E-state index in [9.17, 15) is 19.5 Å². The zero-order valence-corrected chi connectivity index (χ0v) is 26.2. The van der Waals surface area contributed by atoms with E-state index in [0.29, 0.717) is 12.8 Å². The van der Waals surface area contributed by atoms with Gasteiger partial charge in [-0.05, 0) is 49.8 Å². The summed E-state index contributed by atoms with van der Waals surface area (Å²) in [7, 11) is 0. The van der Waals surface area contributed by atoms with Gasteiger partial charge in [-0.15, -0.1) is 24.9 Å². The van der Waals surface area contributed by atoms with E-state index in [1.54, 1.807) is 33.7 Å². The number of alkyl halides is 1. The molecule has 8 atom stereocenters. The molecule has 218 valence electrons. The zero-order valence-electron chi connectivity index (χ0n) is 23.8. The Balaban J connectivity index is 1.85. The number of amides is 2. The van der Waals surface area contributed by atoms with Gasteiger partial charge in [0.1, 0.15) is 6.04 Å². The minimum atomic E-state index is -0.850. The van der Waals surface area contributed by atoms with E-state index in [1.807, 2.05) is 45.9 Å². The molecule has 1 aromatic carbocycles. The molecule has 2 bridgehead atoms. The Bertz CT molecular complexity index is 1180. The predicted molar refractivity (Wildman–Crippen MR) is 164 cm³/mol. The molecule has 40 heavy (non-hydrogen) atoms. The van der Waals surface area contributed by atoms with Crippen LogP contribution >= 0.6 is 27.7 Å². The van der Waals surface area contributed by atoms with Crippen molar-refractivity contribution in [3.8, 4) is 0 Å². The molecular formula is C31H41BrN2O5S. The number of aliphatic hydroxyl groups is 1. The highest BCUT2D eigenvalue weighted by molar-refractivity contribution is 9.09. The highest BCUT2D eigenvalue weighted by Gasteiger charge is 2.77. The molecule has 1 aromatic rings. The van der Waals surface area contributed by atoms with Crippen LogP contribution in [0.15, 0.2) is 43.5 Å². The van der Waals surface area contributed by atoms with Crippen LogP contribution in [0.3, 0.4) is 0 Å². The number of carbonyl (C=O) groups excluding carboxylic acids is 3. The van der Waals surface area contributed by atoms with Gasteiger partial charge in [0.25, 0.3) is 5.91 Å². The van der Waals surface area contributed by atoms with E-state index in [4.69, 9.17) is 4.74 Å². The van der Waals surface area contributed by atoms with E-state index >= 15 is 0 Å². The topological polar surface area (TPSA) is 87.2 Å². The number of fused-ring (bicyclic) bond motifs is 1. The molecule has 3 unspecified atom stereocenters. The minimum Gasteiger partial charge on any atom is -0.465 e. The highest BCUT2D eigenvalue weighted by Crippen LogP contribution is 2.68. The van der Waals surface area contributed by atoms with Crippen molar-refractivity contribution in [2.45, 2.75) is 73.9 Å². The van der Waals surface area contributed by atoms with Crippen molar-refractivity contribution in [1.82, 2.24) is 4.90 Å². The summed E-state index contributed by atoms with van der Waals surface area (Å²) >= 11 is 5.38. The molecule has 0 aliphatic carbocycles. The van der Waals surface area contributed by atoms with Crippen molar-refractivity contribution < 1.29 is 24.2 Å². The number of aliphatic hydroxyl groups excluding tert-OH is 1. The summed E-state index contributed by atoms with van der Waals surface area (Å²) in [6.45, 7) is 15.8. The average Bonchev–Trinajstić information content (AvgIpc) is 3.52. The summed E-state index contributed by atoms with van der Waals surface area (Å²) in [6.07, 6.45) is 5.20. The van der Waals surface area contributed by atoms with E-state index in [0.717, 1.165) is 23.2 Å². The Labute approximate surface area is 250 Å². The fourth-order valence-corrected chi connectivity index (χ4v) is 10.3. The van der Waals surface area contributed by atoms with Crippen LogP contribution in [-0.4, -0.2) is 74.5 Å². The summed E-state index contributed by atoms with van der Waals surface area (Å²) in [5.74, 6) is -2.28. The van der Waals surface area contributed by atoms with Crippen molar-refractivity contribution in [3.63, 3.8) is 0 Å². The van der Waals surface area contributed by atoms with Crippen molar-refractivity contribution >= 4 is 51.2 Å². The van der Waals surface area contributed by atoms with E-state index in [1.165, 1.54) is 0 Å². The maximum Gasteiger partial charge on any atom is 0.310 e. The van der Waals surface area contributed by atoms with E-state index in [-0.39, 0.29) is 47.6 Å². The molecule has 2 amide bonds. The fraction of sp³-hybridized carbons (Fsp3) is 0.581. The number of halogens is 1. The standard InChI is InChI=1S/C31H41BrN2O5S/c1-7-10-14-39-30(38)24-25-28(36)34(23(17-35)19(5)9-3)27(31(25)16-21(32)26(24)40-31)29(37)33(13-8-2)22-15-18(4)11-12-20(22)6/h7-8,11-12,15,19,21,23-27,35H,1-2,9-10,13-14,16-17H2,3-6H3/t19-,21?,23-,24+,25-,26+,27?,31?/m0/s1. The summed E-state index contributed by atoms with van der Waals surface area (Å²) < 4.78 is 4.79. The van der Waals surface area contributed by atoms with E-state index < -0.39 is 34.6 Å². The number of esters is 1. The molecular weight excluding hydrogens is 592 g/mol. The maximum absolute atomic E-state index is 14.9. The summed E-state index contributed by atoms with van der Waals surface area (Å²) in [4.78, 5) is 46.1. The van der Waals surface area contributed by atoms with Crippen LogP contribution in [0, 0.1) is 31.6 Å². The van der Waals surface area contributed by atoms with Crippen molar-refractivity contribution in [2.75, 3.05) is 24.7 Å². The van der Waals surface area contributed by atoms with Crippen LogP contribution in [0.1, 0.15) is 44.2 Å². The lowest BCUT2D eigenvalue weighted by molar-refractivity contribution is -0.154. The van der Waals surface area contributed by atoms with Gasteiger partial charge in [-0.25, -0.2) is 0 Å². The largest absolute Gasteiger partial charge is 0.465 e. The first-order valence-corrected chi connectivity index (χ1v) is 15.9. The highest BCUT2D eigenvalue weighted by atomic mass is 79.9. The van der Waals surface area contributed by atoms with Crippen LogP contribution in [-0.2, 0) is 19.1 Å². The van der Waals surface area contributed by atoms with Gasteiger partial charge >= 0.3 is 5.97 Å². The molecule has 3 aliphatic rings. The number of nitrogens with zero attached hydrogens (tertiary/aromatic N) is 2. The molecule has 0 saturated carbocycles. The van der Waals surface area contributed by atoms with Gasteiger partial charge in [0, 0.05) is 22.3 Å². The second kappa shape index (κ2) is 12.4. The Hall–Kier alpha value is -2.10. The maximum atomic E-state index is 14.9. The first kappa shape index (κ1) is 30.8. The predicted octanol–water partition coefficient (Wildman–Crippen LogP) is 4.81. The molecule has 3 aliphatic heterocycles. The van der Waals surface area contributed by atoms with Crippen molar-refractivity contribution in [2.24, 2.45) is 17.8 Å². The lowest BCUT2D eigenvalue weighted by Crippen LogP contribution is -2.59. The van der Waals surface area contributed by atoms with Gasteiger partial charge in [-0.2, -0.15) is 0 Å². The number of likely N-dealkylation sites (tertiary alicyclic amines) is 1. The lowest BCUT2D eigenvalue weighted by Gasteiger charge is -2.41. The molecule has 1 N–H and O–H groups in total. The van der Waals surface area contributed by atoms with Crippen LogP contribution in [0.25, 0.3) is 0 Å². The summed E-state index contributed by atoms with van der Waals surface area (Å²) in [5, 5.41) is 10.4. The second-order valence-electron chi connectivity index (χ2n) is 11.3. The number of benzene rings is 1. The minimum absolute atomic E-state index is 0.0482. The SMILES string of the molecule is C=CCCOC(=O)[C@H]1[C@@H]2SC3(CC2Br)C(C(=O)N(CC=C)c2cc(C)ccc2C)N([C@@H](CO)[C@@H](C)CC)C(=O)[C@H]13. The molecule has 1 spiro atoms. The second-order valence-corrected chi connectivity index (χ2v) is 14.0. The number of ether oxygens (including phenoxy) is 1. The Kier molecular flexibility index (Phi) is 9.57. The van der Waals surface area contributed by atoms with Gasteiger partial charge in [0.2, 0.25) is 5.91 Å². The smallest absolute Gasteiger partial charge is 0.310 e. The molecule has 3 saturated heterocycles. The first-order chi connectivity index (χ1) is 19.1. The Morgan fingerprint density at radius 2 is 2.05 bits per heavy atom. The average molecular weight is 634 g/mol. The number of hydrogen-bond donors (Lipinski definition) is 1. The third-order valence-electron chi connectivity index (χ3n) is 8.88. The molecule has 0 radical (unpaired) electrons. The zero-order chi connectivity index (χ0) is 29.4. The Morgan fingerprint density at radius 3 is 2.67 bits per heavy atom. The number of thioether (sulfide) groups is 1. The molecule has 7 nitrogen and oxygen atoms in total. The molecule has 0 aromatic heterocycles. The fourth-order valence-electron chi connectivity index (χ4n) is 6.72. The van der Waals surface area contributed by atoms with Crippen LogP contribution < -0.4 is 4.90 Å². The first-order valence-electron chi connectivity index (χ1n) is 14.1. The summed E-state index contributed by atoms with van der Waals surface area (Å²) in [5.41, 5.74) is 2.73. The number of anilines is 1. The number of rotatable bonds is 12. The van der Waals surface area contributed by atoms with Gasteiger partial charge < -0.3 is 19.6 Å². The van der Waals surface area contributed by atoms with Gasteiger partial charge in [0.15, 0.2) is 0 Å². The summed E-state index contributed by atoms with van der Waals surface area (Å²) in [6, 6.07) is 4.57. The quantitative estimate of drug-likeness (QED) is 0.154. The third-order valence-corrected chi connectivity index (χ3v) is 12.1.